The number of hydrogen-bond acceptors (Lipinski definition) is 4. The Bertz CT molecular complexity index is 206. The molecule has 0 amide bonds. The van der Waals surface area contributed by atoms with Crippen LogP contribution in [0.1, 0.15) is 38.5 Å². The number of carbonyl (C=O) groups is 2. The van der Waals surface area contributed by atoms with E-state index in [0.717, 1.165) is 12.8 Å². The zero-order valence-corrected chi connectivity index (χ0v) is 10.9. The summed E-state index contributed by atoms with van der Waals surface area (Å²) in [6.45, 7) is 0. The summed E-state index contributed by atoms with van der Waals surface area (Å²) in [5.41, 5.74) is -0.586. The molecular weight excluding hydrogens is 388 g/mol. The molecule has 1 rings (SSSR count). The molecule has 6 heteroatoms. The Balaban J connectivity index is 0. The van der Waals surface area contributed by atoms with Crippen molar-refractivity contribution in [2.45, 2.75) is 38.5 Å². The number of rotatable bonds is 4. The average Bonchev–Trinajstić information content (AvgIpc) is 2.33. The minimum absolute atomic E-state index is 0. The van der Waals surface area contributed by atoms with Crippen LogP contribution in [0.3, 0.4) is 0 Å². The van der Waals surface area contributed by atoms with Crippen LogP contribution in [0.15, 0.2) is 0 Å². The summed E-state index contributed by atoms with van der Waals surface area (Å²) >= 11 is 0. The Morgan fingerprint density at radius 1 is 0.933 bits per heavy atom. The molecule has 0 unspecified atom stereocenters. The molecule has 0 aromatic rings. The Kier molecular flexibility index (Phi) is 9.09. The van der Waals surface area contributed by atoms with Gasteiger partial charge in [0.25, 0.3) is 0 Å². The van der Waals surface area contributed by atoms with Crippen LogP contribution >= 0.6 is 0 Å². The number of hydrogen-bond donors (Lipinski definition) is 0. The van der Waals surface area contributed by atoms with E-state index in [2.05, 4.69) is 0 Å². The molecule has 4 nitrogen and oxygen atoms in total. The predicted molar refractivity (Wildman–Crippen MR) is 40.1 cm³/mol. The zero-order chi connectivity index (χ0) is 9.90. The van der Waals surface area contributed by atoms with Crippen LogP contribution in [0.5, 0.6) is 0 Å². The van der Waals surface area contributed by atoms with Crippen LogP contribution in [0.25, 0.3) is 0 Å². The molecule has 0 aliphatic heterocycles. The number of carboxylic acid groups (broad SMARTS) is 2. The van der Waals surface area contributed by atoms with Crippen molar-refractivity contribution in [2.24, 2.45) is 5.41 Å². The molecule has 0 N–H and O–H groups in total. The Morgan fingerprint density at radius 3 is 1.53 bits per heavy atom. The molecule has 0 saturated heterocycles. The van der Waals surface area contributed by atoms with Gasteiger partial charge in [-0.15, -0.1) is 0 Å². The number of carboxylic acids is 2. The van der Waals surface area contributed by atoms with Gasteiger partial charge in [-0.2, -0.15) is 0 Å². The second kappa shape index (κ2) is 7.65. The molecular formula is C9H12Ag2O4. The summed E-state index contributed by atoms with van der Waals surface area (Å²) in [6, 6.07) is 0. The molecule has 0 heterocycles. The van der Waals surface area contributed by atoms with Gasteiger partial charge in [0.15, 0.2) is 0 Å². The third kappa shape index (κ3) is 5.90. The molecule has 1 saturated carbocycles. The van der Waals surface area contributed by atoms with Crippen LogP contribution in [0.2, 0.25) is 0 Å². The van der Waals surface area contributed by atoms with Gasteiger partial charge in [0, 0.05) is 11.9 Å². The van der Waals surface area contributed by atoms with E-state index in [1.54, 1.807) is 0 Å². The van der Waals surface area contributed by atoms with Crippen molar-refractivity contribution in [2.75, 3.05) is 0 Å². The summed E-state index contributed by atoms with van der Waals surface area (Å²) in [5, 5.41) is 20.8. The van der Waals surface area contributed by atoms with Crippen molar-refractivity contribution >= 4 is 11.9 Å². The van der Waals surface area contributed by atoms with Crippen molar-refractivity contribution in [3.05, 3.63) is 0 Å². The van der Waals surface area contributed by atoms with Gasteiger partial charge in [-0.25, -0.2) is 0 Å². The summed E-state index contributed by atoms with van der Waals surface area (Å²) < 4.78 is 0. The molecule has 15 heavy (non-hydrogen) atoms. The Morgan fingerprint density at radius 2 is 1.27 bits per heavy atom. The molecule has 1 fully saturated rings. The second-order valence-corrected chi connectivity index (χ2v) is 3.80. The number of aliphatic carboxylic acids is 2. The first-order valence-electron chi connectivity index (χ1n) is 4.44. The first-order chi connectivity index (χ1) is 6.04. The second-order valence-electron chi connectivity index (χ2n) is 3.80. The van der Waals surface area contributed by atoms with Gasteiger partial charge in [0.1, 0.15) is 0 Å². The quantitative estimate of drug-likeness (QED) is 0.557. The van der Waals surface area contributed by atoms with Gasteiger partial charge in [-0.05, 0) is 31.1 Å². The SMILES string of the molecule is O=C([O-])CC1(CC(=O)[O-])CCCC1.[Ag+].[Ag+]. The predicted octanol–water partition coefficient (Wildman–Crippen LogP) is -1.18. The molecule has 0 spiro atoms. The van der Waals surface area contributed by atoms with E-state index in [1.165, 1.54) is 0 Å². The topological polar surface area (TPSA) is 80.3 Å². The fourth-order valence-electron chi connectivity index (χ4n) is 2.15. The van der Waals surface area contributed by atoms with E-state index in [9.17, 15) is 19.8 Å². The van der Waals surface area contributed by atoms with Crippen LogP contribution in [-0.4, -0.2) is 11.9 Å². The summed E-state index contributed by atoms with van der Waals surface area (Å²) in [7, 11) is 0. The third-order valence-corrected chi connectivity index (χ3v) is 2.70. The maximum Gasteiger partial charge on any atom is 1.00 e. The fourth-order valence-corrected chi connectivity index (χ4v) is 2.15. The van der Waals surface area contributed by atoms with E-state index >= 15 is 0 Å². The minimum Gasteiger partial charge on any atom is -0.550 e. The molecule has 1 aliphatic carbocycles. The van der Waals surface area contributed by atoms with Crippen LogP contribution in [-0.2, 0) is 54.3 Å². The zero-order valence-electron chi connectivity index (χ0n) is 7.98. The normalized spacial score (nSPS) is 17.3. The van der Waals surface area contributed by atoms with Crippen molar-refractivity contribution in [1.82, 2.24) is 0 Å². The van der Waals surface area contributed by atoms with E-state index in [4.69, 9.17) is 0 Å². The maximum absolute atomic E-state index is 10.4. The van der Waals surface area contributed by atoms with Crippen LogP contribution in [0, 0.1) is 5.41 Å². The Labute approximate surface area is 120 Å². The van der Waals surface area contributed by atoms with Crippen molar-refractivity contribution in [1.29, 1.82) is 0 Å². The van der Waals surface area contributed by atoms with Gasteiger partial charge >= 0.3 is 44.8 Å². The largest absolute Gasteiger partial charge is 1.00 e. The van der Waals surface area contributed by atoms with E-state index in [1.807, 2.05) is 0 Å². The molecule has 0 aromatic carbocycles. The number of carbonyl (C=O) groups excluding carboxylic acids is 2. The van der Waals surface area contributed by atoms with Gasteiger partial charge < -0.3 is 19.8 Å². The van der Waals surface area contributed by atoms with Crippen molar-refractivity contribution in [3.63, 3.8) is 0 Å². The fraction of sp³-hybridized carbons (Fsp3) is 0.778. The van der Waals surface area contributed by atoms with Gasteiger partial charge in [-0.3, -0.25) is 0 Å². The van der Waals surface area contributed by atoms with E-state index < -0.39 is 17.4 Å². The minimum atomic E-state index is -1.16. The molecule has 0 atom stereocenters. The van der Waals surface area contributed by atoms with Gasteiger partial charge in [-0.1, -0.05) is 12.8 Å². The third-order valence-electron chi connectivity index (χ3n) is 2.70. The van der Waals surface area contributed by atoms with Gasteiger partial charge in [0.2, 0.25) is 0 Å². The maximum atomic E-state index is 10.4. The molecule has 0 radical (unpaired) electrons. The smallest absolute Gasteiger partial charge is 0.550 e. The summed E-state index contributed by atoms with van der Waals surface area (Å²) in [4.78, 5) is 20.8. The van der Waals surface area contributed by atoms with Crippen LogP contribution < -0.4 is 10.2 Å². The molecule has 94 valence electrons. The van der Waals surface area contributed by atoms with Gasteiger partial charge in [0.05, 0.1) is 0 Å². The molecule has 1 aliphatic rings. The average molecular weight is 400 g/mol. The first kappa shape index (κ1) is 17.8. The van der Waals surface area contributed by atoms with E-state index in [-0.39, 0.29) is 57.6 Å². The standard InChI is InChI=1S/C9H14O4.2Ag/c10-7(11)5-9(6-8(12)13)3-1-2-4-9;;/h1-6H2,(H,10,11)(H,12,13);;/q;2*+1/p-2. The molecule has 0 aromatic heterocycles. The monoisotopic (exact) mass is 398 g/mol. The first-order valence-corrected chi connectivity index (χ1v) is 4.44. The Hall–Kier alpha value is 0.421. The summed E-state index contributed by atoms with van der Waals surface area (Å²) in [6.07, 6.45) is 2.83. The van der Waals surface area contributed by atoms with E-state index in [0.29, 0.717) is 12.8 Å². The summed E-state index contributed by atoms with van der Waals surface area (Å²) in [5.74, 6) is -2.33. The van der Waals surface area contributed by atoms with Crippen molar-refractivity contribution in [3.8, 4) is 0 Å². The van der Waals surface area contributed by atoms with Crippen molar-refractivity contribution < 1.29 is 64.6 Å². The molecule has 0 bridgehead atoms. The van der Waals surface area contributed by atoms with Crippen LogP contribution in [0.4, 0.5) is 0 Å².